The molecule has 1 aliphatic heterocycles. The molecule has 0 aromatic heterocycles. The Morgan fingerprint density at radius 2 is 1.62 bits per heavy atom. The topological polar surface area (TPSA) is 90.2 Å². The van der Waals surface area contributed by atoms with Gasteiger partial charge in [0.15, 0.2) is 0 Å². The summed E-state index contributed by atoms with van der Waals surface area (Å²) in [6.45, 7) is -0.432. The van der Waals surface area contributed by atoms with Gasteiger partial charge in [0.2, 0.25) is 0 Å². The molecule has 0 amide bonds. The maximum absolute atomic E-state index is 9.18. The first-order valence-corrected chi connectivity index (χ1v) is 4.01. The summed E-state index contributed by atoms with van der Waals surface area (Å²) in [6.07, 6.45) is -4.83. The fourth-order valence-electron chi connectivity index (χ4n) is 1.07. The summed E-state index contributed by atoms with van der Waals surface area (Å²) >= 11 is 4.63. The predicted molar refractivity (Wildman–Crippen MR) is 41.1 cm³/mol. The first kappa shape index (κ1) is 13.9. The van der Waals surface area contributed by atoms with Crippen LogP contribution in [0.4, 0.5) is 0 Å². The molecule has 1 fully saturated rings. The molecule has 5 nitrogen and oxygen atoms in total. The molecule has 0 spiro atoms. The van der Waals surface area contributed by atoms with Crippen LogP contribution in [-0.4, -0.2) is 56.9 Å². The molecular weight excluding hydrogens is 381 g/mol. The molecule has 5 atom stereocenters. The molecule has 82 valence electrons. The van der Waals surface area contributed by atoms with E-state index in [0.29, 0.717) is 0 Å². The zero-order valence-electron chi connectivity index (χ0n) is 6.50. The summed E-state index contributed by atoms with van der Waals surface area (Å²) < 4.78 is 4.84. The number of ether oxygens (including phenoxy) is 1. The zero-order chi connectivity index (χ0) is 9.30. The summed E-state index contributed by atoms with van der Waals surface area (Å²) in [7, 11) is 0. The number of hydrogen-bond acceptors (Lipinski definition) is 6. The third-order valence-corrected chi connectivity index (χ3v) is 2.24. The predicted octanol–water partition coefficient (Wildman–Crippen LogP) is -2.67. The minimum absolute atomic E-state index is 0. The number of rotatable bonds is 1. The van der Waals surface area contributed by atoms with Crippen molar-refractivity contribution in [2.24, 2.45) is 0 Å². The minimum atomic E-state index is -1.35. The van der Waals surface area contributed by atoms with Crippen molar-refractivity contribution < 1.29 is 47.5 Å². The second kappa shape index (κ2) is 5.69. The van der Waals surface area contributed by atoms with Gasteiger partial charge in [-0.3, -0.25) is 0 Å². The Labute approximate surface area is 96.6 Å². The molecule has 1 saturated heterocycles. The number of aliphatic hydroxyl groups excluding tert-OH is 4. The monoisotopic (exact) mass is 392 g/mol. The van der Waals surface area contributed by atoms with E-state index in [1.165, 1.54) is 0 Å². The van der Waals surface area contributed by atoms with Gasteiger partial charge in [0.05, 0.1) is 12.7 Å². The van der Waals surface area contributed by atoms with Crippen LogP contribution in [0.3, 0.4) is 0 Å². The van der Waals surface area contributed by atoms with Crippen molar-refractivity contribution in [2.75, 3.05) is 6.61 Å². The van der Waals surface area contributed by atoms with E-state index in [1.807, 2.05) is 0 Å². The number of hydrogen-bond donors (Lipinski definition) is 4. The molecule has 4 N–H and O–H groups in total. The van der Waals surface area contributed by atoms with Crippen LogP contribution >= 0.6 is 0 Å². The molecule has 13 heavy (non-hydrogen) atoms. The Kier molecular flexibility index (Phi) is 6.08. The number of aliphatic hydroxyl groups is 4. The molecule has 1 heterocycles. The average molecular weight is 392 g/mol. The van der Waals surface area contributed by atoms with E-state index < -0.39 is 36.5 Å². The van der Waals surface area contributed by atoms with E-state index in [-0.39, 0.29) is 22.4 Å². The summed E-state index contributed by atoms with van der Waals surface area (Å²) in [6, 6.07) is 0. The molecule has 7 heteroatoms. The van der Waals surface area contributed by atoms with Gasteiger partial charge in [0.1, 0.15) is 18.3 Å². The zero-order valence-corrected chi connectivity index (χ0v) is 9.48. The molecule has 0 radical (unpaired) electrons. The van der Waals surface area contributed by atoms with Crippen LogP contribution in [0.5, 0.6) is 0 Å². The van der Waals surface area contributed by atoms with Gasteiger partial charge in [0.25, 0.3) is 0 Å². The molecule has 0 aromatic carbocycles. The maximum Gasteiger partial charge on any atom is 1.00 e. The van der Waals surface area contributed by atoms with E-state index in [4.69, 9.17) is 20.1 Å². The third-order valence-electron chi connectivity index (χ3n) is 1.85. The Balaban J connectivity index is 0.00000144. The van der Waals surface area contributed by atoms with Gasteiger partial charge in [0, 0.05) is 0 Å². The second-order valence-electron chi connectivity index (χ2n) is 2.70. The molecule has 0 saturated carbocycles. The van der Waals surface area contributed by atoms with Crippen molar-refractivity contribution in [2.45, 2.75) is 29.9 Å². The van der Waals surface area contributed by atoms with Gasteiger partial charge < -0.3 is 37.8 Å². The second-order valence-corrected chi connectivity index (χ2v) is 3.16. The Morgan fingerprint density at radius 3 is 2.08 bits per heavy atom. The fraction of sp³-hybridized carbons (Fsp3) is 1.00. The van der Waals surface area contributed by atoms with Crippen LogP contribution in [0.2, 0.25) is 0 Å². The van der Waals surface area contributed by atoms with Crippen LogP contribution in [0, 0.1) is 0 Å². The third kappa shape index (κ3) is 2.92. The van der Waals surface area contributed by atoms with Crippen LogP contribution in [0.15, 0.2) is 0 Å². The summed E-state index contributed by atoms with van der Waals surface area (Å²) in [5.41, 5.74) is -0.986. The molecule has 0 aliphatic carbocycles. The van der Waals surface area contributed by atoms with Crippen molar-refractivity contribution >= 4 is 12.6 Å². The summed E-state index contributed by atoms with van der Waals surface area (Å²) in [4.78, 5) is 0. The average Bonchev–Trinajstić information content (AvgIpc) is 2.08. The van der Waals surface area contributed by atoms with E-state index >= 15 is 0 Å². The molecule has 1 rings (SSSR count). The van der Waals surface area contributed by atoms with Gasteiger partial charge in [-0.25, -0.2) is 0 Å². The van der Waals surface area contributed by atoms with Crippen LogP contribution in [0.25, 0.3) is 0 Å². The quantitative estimate of drug-likeness (QED) is 0.288. The fourth-order valence-corrected chi connectivity index (χ4v) is 1.37. The molecule has 0 bridgehead atoms. The van der Waals surface area contributed by atoms with Crippen molar-refractivity contribution in [3.05, 3.63) is 0 Å². The SMILES string of the molecule is OCC1O[C@H]([S-])[C@H](O)C(O)[C@@H]1O.[Au+]. The Hall–Kier alpha value is 0.890. The van der Waals surface area contributed by atoms with E-state index in [0.717, 1.165) is 0 Å². The van der Waals surface area contributed by atoms with Gasteiger partial charge in [-0.05, 0) is 5.44 Å². The van der Waals surface area contributed by atoms with Gasteiger partial charge in [-0.15, -0.1) is 0 Å². The van der Waals surface area contributed by atoms with E-state index in [9.17, 15) is 5.11 Å². The molecule has 2 unspecified atom stereocenters. The minimum Gasteiger partial charge on any atom is -0.759 e. The maximum atomic E-state index is 9.18. The standard InChI is InChI=1S/C6H12O5S.Au/c7-1-2-3(8)4(9)5(10)6(12)11-2;/h2-10,12H,1H2;/q;+1/p-1/t2?,3-,4?,5-,6-;/m1./s1. The van der Waals surface area contributed by atoms with E-state index in [1.54, 1.807) is 0 Å². The van der Waals surface area contributed by atoms with Crippen LogP contribution in [0.1, 0.15) is 0 Å². The molecule has 0 aromatic rings. The van der Waals surface area contributed by atoms with Gasteiger partial charge >= 0.3 is 22.4 Å². The van der Waals surface area contributed by atoms with Crippen LogP contribution in [-0.2, 0) is 39.7 Å². The van der Waals surface area contributed by atoms with Crippen molar-refractivity contribution in [3.63, 3.8) is 0 Å². The summed E-state index contributed by atoms with van der Waals surface area (Å²) in [5, 5.41) is 36.1. The van der Waals surface area contributed by atoms with Gasteiger partial charge in [-0.2, -0.15) is 0 Å². The normalized spacial score (nSPS) is 45.5. The first-order chi connectivity index (χ1) is 5.57. The van der Waals surface area contributed by atoms with Crippen molar-refractivity contribution in [1.82, 2.24) is 0 Å². The summed E-state index contributed by atoms with van der Waals surface area (Å²) in [5.74, 6) is 0. The Bertz CT molecular complexity index is 155. The smallest absolute Gasteiger partial charge is 0.759 e. The molecular formula is C6H11AuO5S. The largest absolute Gasteiger partial charge is 1.00 e. The Morgan fingerprint density at radius 1 is 1.08 bits per heavy atom. The van der Waals surface area contributed by atoms with Crippen molar-refractivity contribution in [1.29, 1.82) is 0 Å². The molecule has 1 aliphatic rings. The first-order valence-electron chi connectivity index (χ1n) is 3.54. The van der Waals surface area contributed by atoms with Gasteiger partial charge in [-0.1, -0.05) is 0 Å². The van der Waals surface area contributed by atoms with Crippen LogP contribution < -0.4 is 0 Å². The van der Waals surface area contributed by atoms with Crippen molar-refractivity contribution in [3.8, 4) is 0 Å². The van der Waals surface area contributed by atoms with E-state index in [2.05, 4.69) is 12.6 Å².